The topological polar surface area (TPSA) is 54.9 Å². The lowest BCUT2D eigenvalue weighted by Crippen LogP contribution is -2.28. The van der Waals surface area contributed by atoms with Gasteiger partial charge >= 0.3 is 6.18 Å². The number of carbonyl (C=O) groups is 1. The molecule has 0 amide bonds. The lowest BCUT2D eigenvalue weighted by atomic mass is 10.2. The first-order chi connectivity index (χ1) is 5.84. The van der Waals surface area contributed by atoms with E-state index in [1.54, 1.807) is 0 Å². The van der Waals surface area contributed by atoms with Gasteiger partial charge in [-0.2, -0.15) is 13.2 Å². The molecule has 0 aliphatic carbocycles. The Kier molecular flexibility index (Phi) is 2.02. The van der Waals surface area contributed by atoms with Gasteiger partial charge in [-0.15, -0.1) is 0 Å². The number of nitrogens with one attached hydrogen (secondary N) is 1. The van der Waals surface area contributed by atoms with E-state index in [2.05, 4.69) is 5.10 Å². The van der Waals surface area contributed by atoms with E-state index in [0.717, 1.165) is 10.9 Å². The zero-order chi connectivity index (χ0) is 10.2. The Bertz CT molecular complexity index is 387. The van der Waals surface area contributed by atoms with Crippen molar-refractivity contribution in [2.24, 2.45) is 7.05 Å². The molecule has 0 saturated carbocycles. The average Bonchev–Trinajstić information content (AvgIpc) is 2.30. The van der Waals surface area contributed by atoms with Gasteiger partial charge in [0.25, 0.3) is 11.3 Å². The van der Waals surface area contributed by atoms with Gasteiger partial charge in [-0.1, -0.05) is 0 Å². The number of alkyl halides is 3. The standard InChI is InChI=1S/C6H5F3N2O2/c1-11-5(13)3(2-10-11)4(12)6(7,8)9/h2,10H,1H3. The number of aromatic nitrogens is 2. The Morgan fingerprint density at radius 2 is 2.08 bits per heavy atom. The van der Waals surface area contributed by atoms with Gasteiger partial charge in [0.1, 0.15) is 5.56 Å². The van der Waals surface area contributed by atoms with E-state index in [1.807, 2.05) is 0 Å². The maximum Gasteiger partial charge on any atom is 0.455 e. The van der Waals surface area contributed by atoms with Gasteiger partial charge in [0.15, 0.2) is 0 Å². The Balaban J connectivity index is 3.18. The van der Waals surface area contributed by atoms with Crippen LogP contribution in [0.15, 0.2) is 11.0 Å². The minimum Gasteiger partial charge on any atom is -0.302 e. The van der Waals surface area contributed by atoms with Crippen LogP contribution in [0.4, 0.5) is 13.2 Å². The number of hydrogen-bond acceptors (Lipinski definition) is 2. The smallest absolute Gasteiger partial charge is 0.302 e. The molecule has 0 fully saturated rings. The molecular formula is C6H5F3N2O2. The number of aromatic amines is 1. The lowest BCUT2D eigenvalue weighted by molar-refractivity contribution is -0.0886. The number of rotatable bonds is 1. The van der Waals surface area contributed by atoms with Crippen molar-refractivity contribution >= 4 is 5.78 Å². The number of halogens is 3. The fourth-order valence-corrected chi connectivity index (χ4v) is 0.778. The maximum absolute atomic E-state index is 11.8. The highest BCUT2D eigenvalue weighted by Crippen LogP contribution is 2.19. The number of hydrogen-bond donors (Lipinski definition) is 1. The van der Waals surface area contributed by atoms with Gasteiger partial charge < -0.3 is 5.10 Å². The third-order valence-electron chi connectivity index (χ3n) is 1.44. The molecule has 4 nitrogen and oxygen atoms in total. The van der Waals surface area contributed by atoms with Crippen LogP contribution in [-0.2, 0) is 7.05 Å². The third kappa shape index (κ3) is 1.63. The number of H-pyrrole nitrogens is 1. The van der Waals surface area contributed by atoms with Gasteiger partial charge in [0.05, 0.1) is 0 Å². The number of Topliss-reactive ketones (excluding diaryl/α,β-unsaturated/α-hetero) is 1. The molecule has 0 aliphatic rings. The second kappa shape index (κ2) is 2.75. The SMILES string of the molecule is Cn1[nH]cc(C(=O)C(F)(F)F)c1=O. The molecule has 1 aromatic heterocycles. The summed E-state index contributed by atoms with van der Waals surface area (Å²) in [5, 5.41) is 2.17. The van der Waals surface area contributed by atoms with Crippen molar-refractivity contribution in [3.8, 4) is 0 Å². The summed E-state index contributed by atoms with van der Waals surface area (Å²) in [6, 6.07) is 0. The molecule has 0 spiro atoms. The molecular weight excluding hydrogens is 189 g/mol. The predicted octanol–water partition coefficient (Wildman–Crippen LogP) is 0.458. The summed E-state index contributed by atoms with van der Waals surface area (Å²) in [6.07, 6.45) is -4.27. The van der Waals surface area contributed by atoms with Crippen LogP contribution < -0.4 is 5.56 Å². The van der Waals surface area contributed by atoms with Crippen molar-refractivity contribution in [3.05, 3.63) is 22.1 Å². The fourth-order valence-electron chi connectivity index (χ4n) is 0.778. The second-order valence-corrected chi connectivity index (χ2v) is 2.38. The van der Waals surface area contributed by atoms with E-state index in [0.29, 0.717) is 0 Å². The molecule has 0 atom stereocenters. The highest BCUT2D eigenvalue weighted by molar-refractivity contribution is 5.99. The zero-order valence-electron chi connectivity index (χ0n) is 6.47. The van der Waals surface area contributed by atoms with Gasteiger partial charge in [-0.25, -0.2) is 0 Å². The molecule has 0 unspecified atom stereocenters. The first-order valence-electron chi connectivity index (χ1n) is 3.20. The van der Waals surface area contributed by atoms with E-state index in [4.69, 9.17) is 0 Å². The Labute approximate surface area is 70.0 Å². The van der Waals surface area contributed by atoms with Crippen molar-refractivity contribution in [2.75, 3.05) is 0 Å². The minimum absolute atomic E-state index is 0.734. The largest absolute Gasteiger partial charge is 0.455 e. The highest BCUT2D eigenvalue weighted by atomic mass is 19.4. The van der Waals surface area contributed by atoms with Crippen LogP contribution in [0.3, 0.4) is 0 Å². The van der Waals surface area contributed by atoms with Crippen LogP contribution >= 0.6 is 0 Å². The number of nitrogens with zero attached hydrogens (tertiary/aromatic N) is 1. The summed E-state index contributed by atoms with van der Waals surface area (Å²) in [7, 11) is 1.22. The van der Waals surface area contributed by atoms with Gasteiger partial charge in [-0.3, -0.25) is 14.3 Å². The molecule has 0 saturated heterocycles. The normalized spacial score (nSPS) is 11.7. The molecule has 1 heterocycles. The van der Waals surface area contributed by atoms with E-state index in [1.165, 1.54) is 7.05 Å². The Hall–Kier alpha value is -1.53. The summed E-state index contributed by atoms with van der Waals surface area (Å²) in [6.45, 7) is 0. The van der Waals surface area contributed by atoms with Crippen LogP contribution in [0.2, 0.25) is 0 Å². The summed E-state index contributed by atoms with van der Waals surface area (Å²) in [4.78, 5) is 21.4. The lowest BCUT2D eigenvalue weighted by Gasteiger charge is -2.00. The van der Waals surface area contributed by atoms with E-state index < -0.39 is 23.1 Å². The molecule has 1 aromatic rings. The third-order valence-corrected chi connectivity index (χ3v) is 1.44. The number of aryl methyl sites for hydroxylation is 1. The molecule has 72 valence electrons. The summed E-state index contributed by atoms with van der Waals surface area (Å²) >= 11 is 0. The van der Waals surface area contributed by atoms with Crippen molar-refractivity contribution < 1.29 is 18.0 Å². The number of ketones is 1. The maximum atomic E-state index is 11.8. The van der Waals surface area contributed by atoms with Crippen molar-refractivity contribution in [1.29, 1.82) is 0 Å². The van der Waals surface area contributed by atoms with Gasteiger partial charge in [0, 0.05) is 13.2 Å². The van der Waals surface area contributed by atoms with Crippen LogP contribution in [-0.4, -0.2) is 21.7 Å². The van der Waals surface area contributed by atoms with Crippen molar-refractivity contribution in [3.63, 3.8) is 0 Å². The minimum atomic E-state index is -5.01. The average molecular weight is 194 g/mol. The first kappa shape index (κ1) is 9.56. The van der Waals surface area contributed by atoms with Crippen molar-refractivity contribution in [1.82, 2.24) is 9.78 Å². The second-order valence-electron chi connectivity index (χ2n) is 2.38. The fraction of sp³-hybridized carbons (Fsp3) is 0.333. The summed E-state index contributed by atoms with van der Waals surface area (Å²) < 4.78 is 36.2. The van der Waals surface area contributed by atoms with Crippen LogP contribution in [0.1, 0.15) is 10.4 Å². The molecule has 0 aromatic carbocycles. The Morgan fingerprint density at radius 3 is 2.38 bits per heavy atom. The molecule has 7 heteroatoms. The molecule has 13 heavy (non-hydrogen) atoms. The molecule has 0 radical (unpaired) electrons. The monoisotopic (exact) mass is 194 g/mol. The molecule has 0 aliphatic heterocycles. The van der Waals surface area contributed by atoms with E-state index in [9.17, 15) is 22.8 Å². The summed E-state index contributed by atoms with van der Waals surface area (Å²) in [5.74, 6) is -2.13. The quantitative estimate of drug-likeness (QED) is 0.660. The molecule has 0 bridgehead atoms. The zero-order valence-corrected chi connectivity index (χ0v) is 6.47. The van der Waals surface area contributed by atoms with Gasteiger partial charge in [-0.05, 0) is 0 Å². The van der Waals surface area contributed by atoms with E-state index >= 15 is 0 Å². The van der Waals surface area contributed by atoms with E-state index in [-0.39, 0.29) is 0 Å². The van der Waals surface area contributed by atoms with Crippen LogP contribution in [0.5, 0.6) is 0 Å². The molecule has 1 rings (SSSR count). The van der Waals surface area contributed by atoms with Crippen molar-refractivity contribution in [2.45, 2.75) is 6.18 Å². The highest BCUT2D eigenvalue weighted by Gasteiger charge is 2.41. The van der Waals surface area contributed by atoms with Crippen LogP contribution in [0, 0.1) is 0 Å². The number of carbonyl (C=O) groups excluding carboxylic acids is 1. The molecule has 1 N–H and O–H groups in total. The summed E-state index contributed by atoms with van der Waals surface area (Å²) in [5.41, 5.74) is -1.88. The first-order valence-corrected chi connectivity index (χ1v) is 3.20. The Morgan fingerprint density at radius 1 is 1.54 bits per heavy atom. The van der Waals surface area contributed by atoms with Gasteiger partial charge in [0.2, 0.25) is 0 Å². The van der Waals surface area contributed by atoms with Crippen LogP contribution in [0.25, 0.3) is 0 Å². The predicted molar refractivity (Wildman–Crippen MR) is 36.4 cm³/mol.